The third-order valence-corrected chi connectivity index (χ3v) is 6.20. The Morgan fingerprint density at radius 1 is 1.23 bits per heavy atom. The number of nitrogens with one attached hydrogen (secondary N) is 1. The van der Waals surface area contributed by atoms with Crippen molar-refractivity contribution in [2.75, 3.05) is 18.4 Å². The Labute approximate surface area is 159 Å². The molecule has 2 aromatic rings. The van der Waals surface area contributed by atoms with E-state index in [1.807, 2.05) is 12.1 Å². The van der Waals surface area contributed by atoms with Gasteiger partial charge >= 0.3 is 0 Å². The van der Waals surface area contributed by atoms with Crippen molar-refractivity contribution >= 4 is 17.4 Å². The van der Waals surface area contributed by atoms with Crippen LogP contribution < -0.4 is 5.32 Å². The van der Waals surface area contributed by atoms with Gasteiger partial charge in [0.15, 0.2) is 0 Å². The fourth-order valence-corrected chi connectivity index (χ4v) is 4.75. The number of fused-ring (bicyclic) bond motifs is 1. The number of hydrogen-bond donors (Lipinski definition) is 2. The van der Waals surface area contributed by atoms with Gasteiger partial charge in [0.1, 0.15) is 5.82 Å². The van der Waals surface area contributed by atoms with E-state index in [0.717, 1.165) is 43.3 Å². The highest BCUT2D eigenvalue weighted by molar-refractivity contribution is 6.31. The van der Waals surface area contributed by atoms with Crippen LogP contribution in [-0.4, -0.2) is 45.2 Å². The molecule has 1 aliphatic carbocycles. The van der Waals surface area contributed by atoms with E-state index in [1.54, 1.807) is 18.6 Å². The van der Waals surface area contributed by atoms with Crippen LogP contribution in [0.25, 0.3) is 0 Å². The molecular formula is C20H25ClN4O. The summed E-state index contributed by atoms with van der Waals surface area (Å²) in [4.78, 5) is 10.8. The SMILES string of the molecule is Cc1cccc(Cl)c1CN1C[C@H]2C[C@@H](Nc3cnccn3)[C@H](O)C[C@H]2C1. The Morgan fingerprint density at radius 2 is 2.04 bits per heavy atom. The molecule has 26 heavy (non-hydrogen) atoms. The standard InChI is InChI=1S/C20H25ClN4O/c1-13-3-2-4-17(21)16(13)12-25-10-14-7-18(19(26)8-15(14)11-25)24-20-9-22-5-6-23-20/h2-6,9,14-15,18-19,26H,7-8,10-12H2,1H3,(H,23,24)/t14-,15+,18-,19-/m1/s1. The van der Waals surface area contributed by atoms with Gasteiger partial charge in [-0.3, -0.25) is 9.88 Å². The lowest BCUT2D eigenvalue weighted by Gasteiger charge is -2.35. The highest BCUT2D eigenvalue weighted by Gasteiger charge is 2.41. The maximum absolute atomic E-state index is 10.6. The van der Waals surface area contributed by atoms with Crippen molar-refractivity contribution in [3.63, 3.8) is 0 Å². The van der Waals surface area contributed by atoms with Gasteiger partial charge in [0.25, 0.3) is 0 Å². The predicted molar refractivity (Wildman–Crippen MR) is 103 cm³/mol. The molecule has 0 spiro atoms. The molecule has 1 saturated carbocycles. The number of benzene rings is 1. The van der Waals surface area contributed by atoms with Crippen molar-refractivity contribution < 1.29 is 5.11 Å². The summed E-state index contributed by atoms with van der Waals surface area (Å²) in [5.41, 5.74) is 2.47. The maximum atomic E-state index is 10.6. The van der Waals surface area contributed by atoms with Crippen molar-refractivity contribution in [3.05, 3.63) is 52.9 Å². The number of aliphatic hydroxyl groups excluding tert-OH is 1. The van der Waals surface area contributed by atoms with Crippen LogP contribution in [0.2, 0.25) is 5.02 Å². The number of nitrogens with zero attached hydrogens (tertiary/aromatic N) is 3. The molecule has 2 N–H and O–H groups in total. The molecule has 0 bridgehead atoms. The molecule has 0 amide bonds. The van der Waals surface area contributed by atoms with Crippen LogP contribution in [-0.2, 0) is 6.54 Å². The predicted octanol–water partition coefficient (Wildman–Crippen LogP) is 3.12. The Hall–Kier alpha value is -1.69. The van der Waals surface area contributed by atoms with E-state index >= 15 is 0 Å². The van der Waals surface area contributed by atoms with Crippen molar-refractivity contribution in [1.82, 2.24) is 14.9 Å². The molecule has 1 aromatic carbocycles. The third kappa shape index (κ3) is 3.70. The summed E-state index contributed by atoms with van der Waals surface area (Å²) in [7, 11) is 0. The van der Waals surface area contributed by atoms with Crippen LogP contribution in [0.5, 0.6) is 0 Å². The van der Waals surface area contributed by atoms with Gasteiger partial charge in [-0.15, -0.1) is 0 Å². The second kappa shape index (κ2) is 7.51. The van der Waals surface area contributed by atoms with E-state index in [4.69, 9.17) is 11.6 Å². The molecule has 2 aliphatic rings. The molecule has 2 heterocycles. The third-order valence-electron chi connectivity index (χ3n) is 5.85. The first-order valence-electron chi connectivity index (χ1n) is 9.27. The lowest BCUT2D eigenvalue weighted by Crippen LogP contribution is -2.43. The highest BCUT2D eigenvalue weighted by Crippen LogP contribution is 2.38. The van der Waals surface area contributed by atoms with E-state index in [9.17, 15) is 5.11 Å². The molecule has 138 valence electrons. The number of aromatic nitrogens is 2. The summed E-state index contributed by atoms with van der Waals surface area (Å²) >= 11 is 6.41. The Balaban J connectivity index is 1.41. The number of halogens is 1. The molecular weight excluding hydrogens is 348 g/mol. The number of likely N-dealkylation sites (tertiary alicyclic amines) is 1. The monoisotopic (exact) mass is 372 g/mol. The summed E-state index contributed by atoms with van der Waals surface area (Å²) in [5, 5.41) is 14.8. The average Bonchev–Trinajstić information content (AvgIpc) is 3.01. The minimum Gasteiger partial charge on any atom is -0.391 e. The van der Waals surface area contributed by atoms with E-state index in [2.05, 4.69) is 33.2 Å². The number of anilines is 1. The summed E-state index contributed by atoms with van der Waals surface area (Å²) in [6.07, 6.45) is 6.48. The van der Waals surface area contributed by atoms with Crippen molar-refractivity contribution in [2.24, 2.45) is 11.8 Å². The highest BCUT2D eigenvalue weighted by atomic mass is 35.5. The van der Waals surface area contributed by atoms with E-state index in [-0.39, 0.29) is 12.1 Å². The average molecular weight is 373 g/mol. The quantitative estimate of drug-likeness (QED) is 0.863. The fraction of sp³-hybridized carbons (Fsp3) is 0.500. The zero-order valence-corrected chi connectivity index (χ0v) is 15.7. The first-order chi connectivity index (χ1) is 12.6. The van der Waals surface area contributed by atoms with E-state index in [0.29, 0.717) is 11.8 Å². The molecule has 6 heteroatoms. The van der Waals surface area contributed by atoms with Crippen LogP contribution >= 0.6 is 11.6 Å². The normalized spacial score (nSPS) is 28.7. The van der Waals surface area contributed by atoms with Gasteiger partial charge in [-0.1, -0.05) is 23.7 Å². The zero-order valence-electron chi connectivity index (χ0n) is 15.0. The van der Waals surface area contributed by atoms with Gasteiger partial charge in [-0.05, 0) is 48.8 Å². The van der Waals surface area contributed by atoms with Crippen molar-refractivity contribution in [3.8, 4) is 0 Å². The van der Waals surface area contributed by atoms with Gasteiger partial charge in [-0.25, -0.2) is 4.98 Å². The molecule has 2 fully saturated rings. The van der Waals surface area contributed by atoms with Gasteiger partial charge < -0.3 is 10.4 Å². The number of hydrogen-bond acceptors (Lipinski definition) is 5. The Kier molecular flexibility index (Phi) is 5.11. The smallest absolute Gasteiger partial charge is 0.144 e. The summed E-state index contributed by atoms with van der Waals surface area (Å²) in [5.74, 6) is 1.87. The number of rotatable bonds is 4. The molecule has 4 rings (SSSR count). The topological polar surface area (TPSA) is 61.3 Å². The zero-order chi connectivity index (χ0) is 18.1. The van der Waals surface area contributed by atoms with Crippen LogP contribution in [0.4, 0.5) is 5.82 Å². The van der Waals surface area contributed by atoms with Gasteiger partial charge in [-0.2, -0.15) is 0 Å². The van der Waals surface area contributed by atoms with Gasteiger partial charge in [0.05, 0.1) is 18.3 Å². The summed E-state index contributed by atoms with van der Waals surface area (Å²) < 4.78 is 0. The van der Waals surface area contributed by atoms with Crippen LogP contribution in [0.15, 0.2) is 36.8 Å². The van der Waals surface area contributed by atoms with Crippen LogP contribution in [0, 0.1) is 18.8 Å². The number of aryl methyl sites for hydroxylation is 1. The molecule has 4 atom stereocenters. The second-order valence-corrected chi connectivity index (χ2v) is 8.04. The molecule has 0 radical (unpaired) electrons. The largest absolute Gasteiger partial charge is 0.391 e. The Morgan fingerprint density at radius 3 is 2.77 bits per heavy atom. The number of aliphatic hydroxyl groups is 1. The van der Waals surface area contributed by atoms with Crippen molar-refractivity contribution in [2.45, 2.75) is 38.5 Å². The van der Waals surface area contributed by atoms with Gasteiger partial charge in [0, 0.05) is 37.1 Å². The first-order valence-corrected chi connectivity index (χ1v) is 9.65. The molecule has 1 aromatic heterocycles. The second-order valence-electron chi connectivity index (χ2n) is 7.63. The Bertz CT molecular complexity index is 736. The lowest BCUT2D eigenvalue weighted by atomic mass is 9.77. The fourth-order valence-electron chi connectivity index (χ4n) is 4.47. The maximum Gasteiger partial charge on any atom is 0.144 e. The summed E-state index contributed by atoms with van der Waals surface area (Å²) in [6, 6.07) is 6.13. The molecule has 1 saturated heterocycles. The van der Waals surface area contributed by atoms with E-state index in [1.165, 1.54) is 11.1 Å². The molecule has 5 nitrogen and oxygen atoms in total. The minimum absolute atomic E-state index is 0.0370. The summed E-state index contributed by atoms with van der Waals surface area (Å²) in [6.45, 7) is 5.09. The molecule has 0 unspecified atom stereocenters. The van der Waals surface area contributed by atoms with Gasteiger partial charge in [0.2, 0.25) is 0 Å². The lowest BCUT2D eigenvalue weighted by molar-refractivity contribution is 0.0735. The minimum atomic E-state index is -0.347. The molecule has 1 aliphatic heterocycles. The first kappa shape index (κ1) is 17.7. The van der Waals surface area contributed by atoms with Crippen molar-refractivity contribution in [1.29, 1.82) is 0 Å². The van der Waals surface area contributed by atoms with Crippen LogP contribution in [0.1, 0.15) is 24.0 Å². The van der Waals surface area contributed by atoms with E-state index < -0.39 is 0 Å². The van der Waals surface area contributed by atoms with Crippen LogP contribution in [0.3, 0.4) is 0 Å².